The van der Waals surface area contributed by atoms with E-state index in [1.807, 2.05) is 32.0 Å². The van der Waals surface area contributed by atoms with Gasteiger partial charge in [-0.3, -0.25) is 9.59 Å². The van der Waals surface area contributed by atoms with Crippen molar-refractivity contribution in [3.63, 3.8) is 0 Å². The highest BCUT2D eigenvalue weighted by molar-refractivity contribution is 6.03. The van der Waals surface area contributed by atoms with Gasteiger partial charge in [0.25, 0.3) is 0 Å². The van der Waals surface area contributed by atoms with Crippen molar-refractivity contribution in [1.29, 1.82) is 0 Å². The Kier molecular flexibility index (Phi) is 4.95. The Hall–Kier alpha value is -2.83. The molecule has 4 nitrogen and oxygen atoms in total. The van der Waals surface area contributed by atoms with Crippen molar-refractivity contribution < 1.29 is 22.8 Å². The molecule has 3 rings (SSSR count). The van der Waals surface area contributed by atoms with Gasteiger partial charge in [0.2, 0.25) is 11.8 Å². The molecule has 0 saturated heterocycles. The second kappa shape index (κ2) is 7.06. The highest BCUT2D eigenvalue weighted by atomic mass is 19.4. The van der Waals surface area contributed by atoms with E-state index in [0.29, 0.717) is 12.1 Å². The molecule has 2 atom stereocenters. The molecule has 2 amide bonds. The lowest BCUT2D eigenvalue weighted by atomic mass is 10.1. The van der Waals surface area contributed by atoms with Crippen LogP contribution >= 0.6 is 0 Å². The third-order valence-electron chi connectivity index (χ3n) is 4.43. The number of benzene rings is 2. The third kappa shape index (κ3) is 4.67. The van der Waals surface area contributed by atoms with E-state index >= 15 is 0 Å². The van der Waals surface area contributed by atoms with Crippen LogP contribution in [0.15, 0.2) is 42.5 Å². The van der Waals surface area contributed by atoms with Gasteiger partial charge in [-0.2, -0.15) is 13.2 Å². The number of carbonyl (C=O) groups excluding carboxylic acids is 2. The fraction of sp³-hybridized carbons (Fsp3) is 0.300. The number of rotatable bonds is 4. The van der Waals surface area contributed by atoms with Gasteiger partial charge in [0.15, 0.2) is 0 Å². The van der Waals surface area contributed by atoms with Crippen LogP contribution in [0, 0.1) is 25.7 Å². The fourth-order valence-electron chi connectivity index (χ4n) is 3.03. The number of alkyl halides is 3. The molecule has 7 heteroatoms. The summed E-state index contributed by atoms with van der Waals surface area (Å²) in [6.45, 7) is 3.86. The summed E-state index contributed by atoms with van der Waals surface area (Å²) in [6.07, 6.45) is -4.00. The minimum absolute atomic E-state index is 0.229. The summed E-state index contributed by atoms with van der Waals surface area (Å²) < 4.78 is 37.7. The first-order valence-corrected chi connectivity index (χ1v) is 8.51. The van der Waals surface area contributed by atoms with E-state index < -0.39 is 23.6 Å². The van der Waals surface area contributed by atoms with Gasteiger partial charge < -0.3 is 10.6 Å². The van der Waals surface area contributed by atoms with Gasteiger partial charge in [-0.15, -0.1) is 0 Å². The maximum atomic E-state index is 12.6. The molecule has 0 heterocycles. The Bertz CT molecular complexity index is 856. The van der Waals surface area contributed by atoms with Crippen LogP contribution < -0.4 is 10.6 Å². The van der Waals surface area contributed by atoms with Crippen LogP contribution in [0.3, 0.4) is 0 Å². The number of hydrogen-bond acceptors (Lipinski definition) is 2. The molecule has 2 unspecified atom stereocenters. The lowest BCUT2D eigenvalue weighted by Gasteiger charge is -2.09. The summed E-state index contributed by atoms with van der Waals surface area (Å²) >= 11 is 0. The number of aryl methyl sites for hydroxylation is 2. The van der Waals surface area contributed by atoms with E-state index in [2.05, 4.69) is 10.6 Å². The number of anilines is 2. The Morgan fingerprint density at radius 3 is 1.81 bits per heavy atom. The Morgan fingerprint density at radius 2 is 1.33 bits per heavy atom. The van der Waals surface area contributed by atoms with Gasteiger partial charge >= 0.3 is 6.18 Å². The molecule has 0 aromatic heterocycles. The molecule has 0 spiro atoms. The molecule has 27 heavy (non-hydrogen) atoms. The summed E-state index contributed by atoms with van der Waals surface area (Å²) in [4.78, 5) is 24.5. The smallest absolute Gasteiger partial charge is 0.326 e. The number of amides is 2. The zero-order chi connectivity index (χ0) is 19.8. The maximum Gasteiger partial charge on any atom is 0.416 e. The molecule has 2 aromatic rings. The Labute approximate surface area is 154 Å². The second-order valence-corrected chi connectivity index (χ2v) is 6.88. The van der Waals surface area contributed by atoms with Crippen molar-refractivity contribution in [2.45, 2.75) is 26.4 Å². The number of carbonyl (C=O) groups is 2. The molecule has 0 aliphatic heterocycles. The first kappa shape index (κ1) is 18.9. The zero-order valence-electron chi connectivity index (χ0n) is 14.9. The van der Waals surface area contributed by atoms with Gasteiger partial charge in [0.1, 0.15) is 0 Å². The van der Waals surface area contributed by atoms with E-state index in [0.717, 1.165) is 23.3 Å². The lowest BCUT2D eigenvalue weighted by molar-refractivity contribution is -0.137. The first-order chi connectivity index (χ1) is 12.6. The highest BCUT2D eigenvalue weighted by Gasteiger charge is 2.48. The highest BCUT2D eigenvalue weighted by Crippen LogP contribution is 2.40. The minimum Gasteiger partial charge on any atom is -0.326 e. The topological polar surface area (TPSA) is 58.2 Å². The van der Waals surface area contributed by atoms with Crippen molar-refractivity contribution in [3.05, 3.63) is 59.2 Å². The Balaban J connectivity index is 1.56. The van der Waals surface area contributed by atoms with Crippen LogP contribution in [0.5, 0.6) is 0 Å². The van der Waals surface area contributed by atoms with Crippen LogP contribution in [-0.4, -0.2) is 11.8 Å². The van der Waals surface area contributed by atoms with E-state index in [1.165, 1.54) is 12.1 Å². The predicted octanol–water partition coefficient (Wildman–Crippen LogP) is 4.54. The Morgan fingerprint density at radius 1 is 0.852 bits per heavy atom. The van der Waals surface area contributed by atoms with Gasteiger partial charge in [0.05, 0.1) is 17.4 Å². The molecule has 142 valence electrons. The maximum absolute atomic E-state index is 12.6. The summed E-state index contributed by atoms with van der Waals surface area (Å²) in [7, 11) is 0. The molecule has 1 aliphatic rings. The summed E-state index contributed by atoms with van der Waals surface area (Å²) in [6, 6.07) is 9.92. The molecule has 1 saturated carbocycles. The molecule has 0 radical (unpaired) electrons. The largest absolute Gasteiger partial charge is 0.416 e. The van der Waals surface area contributed by atoms with E-state index in [9.17, 15) is 22.8 Å². The average molecular weight is 376 g/mol. The van der Waals surface area contributed by atoms with Gasteiger partial charge in [-0.05, 0) is 67.8 Å². The first-order valence-electron chi connectivity index (χ1n) is 8.51. The van der Waals surface area contributed by atoms with Crippen LogP contribution in [-0.2, 0) is 15.8 Å². The number of hydrogen-bond donors (Lipinski definition) is 2. The fourth-order valence-corrected chi connectivity index (χ4v) is 3.03. The molecule has 2 aromatic carbocycles. The van der Waals surface area contributed by atoms with E-state index in [4.69, 9.17) is 0 Å². The zero-order valence-corrected chi connectivity index (χ0v) is 14.9. The van der Waals surface area contributed by atoms with Crippen LogP contribution in [0.1, 0.15) is 23.1 Å². The van der Waals surface area contributed by atoms with Crippen LogP contribution in [0.25, 0.3) is 0 Å². The monoisotopic (exact) mass is 376 g/mol. The van der Waals surface area contributed by atoms with E-state index in [-0.39, 0.29) is 17.5 Å². The standard InChI is InChI=1S/C20H19F3N2O2/c1-11-7-12(2)9-15(8-11)25-19(27)17-10-16(17)18(26)24-14-5-3-13(4-6-14)20(21,22)23/h3-9,16-17H,10H2,1-2H3,(H,24,26)(H,25,27). The molecule has 2 N–H and O–H groups in total. The van der Waals surface area contributed by atoms with Gasteiger partial charge in [-0.1, -0.05) is 6.07 Å². The third-order valence-corrected chi connectivity index (χ3v) is 4.43. The van der Waals surface area contributed by atoms with Crippen molar-refractivity contribution >= 4 is 23.2 Å². The summed E-state index contributed by atoms with van der Waals surface area (Å²) in [5.41, 5.74) is 2.23. The summed E-state index contributed by atoms with van der Waals surface area (Å²) in [5, 5.41) is 5.38. The SMILES string of the molecule is Cc1cc(C)cc(NC(=O)C2CC2C(=O)Nc2ccc(C(F)(F)F)cc2)c1. The van der Waals surface area contributed by atoms with Gasteiger partial charge in [-0.25, -0.2) is 0 Å². The van der Waals surface area contributed by atoms with Crippen molar-refractivity contribution in [1.82, 2.24) is 0 Å². The number of halogens is 3. The van der Waals surface area contributed by atoms with Crippen molar-refractivity contribution in [2.75, 3.05) is 10.6 Å². The number of nitrogens with one attached hydrogen (secondary N) is 2. The normalized spacial score (nSPS) is 18.7. The van der Waals surface area contributed by atoms with Gasteiger partial charge in [0, 0.05) is 11.4 Å². The minimum atomic E-state index is -4.42. The summed E-state index contributed by atoms with van der Waals surface area (Å²) in [5.74, 6) is -1.50. The predicted molar refractivity (Wildman–Crippen MR) is 96.2 cm³/mol. The van der Waals surface area contributed by atoms with Crippen LogP contribution in [0.4, 0.5) is 24.5 Å². The molecule has 1 aliphatic carbocycles. The molecular formula is C20H19F3N2O2. The second-order valence-electron chi connectivity index (χ2n) is 6.88. The lowest BCUT2D eigenvalue weighted by Crippen LogP contribution is -2.20. The average Bonchev–Trinajstić information content (AvgIpc) is 3.34. The molecule has 1 fully saturated rings. The van der Waals surface area contributed by atoms with E-state index in [1.54, 1.807) is 0 Å². The van der Waals surface area contributed by atoms with Crippen molar-refractivity contribution in [3.8, 4) is 0 Å². The molecular weight excluding hydrogens is 357 g/mol. The quantitative estimate of drug-likeness (QED) is 0.823. The molecule has 0 bridgehead atoms. The van der Waals surface area contributed by atoms with Crippen molar-refractivity contribution in [2.24, 2.45) is 11.8 Å². The van der Waals surface area contributed by atoms with Crippen LogP contribution in [0.2, 0.25) is 0 Å².